The maximum absolute atomic E-state index is 12.1. The average Bonchev–Trinajstić information content (AvgIpc) is 2.65. The molecule has 4 heteroatoms. The lowest BCUT2D eigenvalue weighted by Gasteiger charge is -2.26. The first-order valence-electron chi connectivity index (χ1n) is 7.17. The highest BCUT2D eigenvalue weighted by molar-refractivity contribution is 5.79. The largest absolute Gasteiger partial charge is 0.326 e. The van der Waals surface area contributed by atoms with Gasteiger partial charge in [-0.2, -0.15) is 0 Å². The van der Waals surface area contributed by atoms with Gasteiger partial charge in [-0.25, -0.2) is 4.79 Å². The summed E-state index contributed by atoms with van der Waals surface area (Å²) in [7, 11) is 0. The van der Waals surface area contributed by atoms with E-state index in [1.807, 2.05) is 16.7 Å². The fraction of sp³-hybridized carbons (Fsp3) is 0.438. The van der Waals surface area contributed by atoms with Gasteiger partial charge in [-0.3, -0.25) is 9.47 Å². The van der Waals surface area contributed by atoms with Crippen LogP contribution in [0.25, 0.3) is 11.0 Å². The number of rotatable bonds is 2. The van der Waals surface area contributed by atoms with E-state index in [2.05, 4.69) is 42.8 Å². The number of hydrogen-bond acceptors (Lipinski definition) is 2. The summed E-state index contributed by atoms with van der Waals surface area (Å²) in [6.07, 6.45) is 2.25. The molecule has 4 nitrogen and oxygen atoms in total. The molecule has 0 saturated carbocycles. The molecule has 20 heavy (non-hydrogen) atoms. The average molecular weight is 271 g/mol. The van der Waals surface area contributed by atoms with Crippen LogP contribution in [-0.4, -0.2) is 27.5 Å². The predicted octanol–water partition coefficient (Wildman–Crippen LogP) is 2.67. The number of benzene rings is 1. The first-order valence-corrected chi connectivity index (χ1v) is 7.17. The molecular weight excluding hydrogens is 250 g/mol. The van der Waals surface area contributed by atoms with E-state index in [-0.39, 0.29) is 5.69 Å². The summed E-state index contributed by atoms with van der Waals surface area (Å²) in [4.78, 5) is 17.4. The van der Waals surface area contributed by atoms with Gasteiger partial charge in [0.2, 0.25) is 0 Å². The van der Waals surface area contributed by atoms with Crippen LogP contribution >= 0.6 is 0 Å². The number of allylic oxidation sites excluding steroid dienone is 1. The molecule has 3 rings (SSSR count). The maximum Gasteiger partial charge on any atom is 0.326 e. The molecule has 1 N–H and O–H groups in total. The molecule has 2 aromatic rings. The molecule has 0 fully saturated rings. The second-order valence-corrected chi connectivity index (χ2v) is 5.78. The normalized spacial score (nSPS) is 19.1. The molecule has 106 valence electrons. The van der Waals surface area contributed by atoms with E-state index in [0.717, 1.165) is 30.7 Å². The predicted molar refractivity (Wildman–Crippen MR) is 82.0 cm³/mol. The van der Waals surface area contributed by atoms with Gasteiger partial charge < -0.3 is 4.98 Å². The van der Waals surface area contributed by atoms with Crippen molar-refractivity contribution in [3.63, 3.8) is 0 Å². The van der Waals surface area contributed by atoms with Crippen molar-refractivity contribution in [2.45, 2.75) is 33.4 Å². The van der Waals surface area contributed by atoms with Gasteiger partial charge in [0.05, 0.1) is 11.0 Å². The topological polar surface area (TPSA) is 41.0 Å². The van der Waals surface area contributed by atoms with Crippen molar-refractivity contribution in [2.24, 2.45) is 0 Å². The summed E-state index contributed by atoms with van der Waals surface area (Å²) in [5, 5.41) is 0. The Morgan fingerprint density at radius 1 is 1.40 bits per heavy atom. The first kappa shape index (κ1) is 13.2. The Morgan fingerprint density at radius 2 is 2.20 bits per heavy atom. The Balaban J connectivity index is 2.08. The van der Waals surface area contributed by atoms with Crippen LogP contribution < -0.4 is 5.69 Å². The van der Waals surface area contributed by atoms with Crippen molar-refractivity contribution < 1.29 is 0 Å². The van der Waals surface area contributed by atoms with E-state index in [1.165, 1.54) is 11.1 Å². The van der Waals surface area contributed by atoms with E-state index in [1.54, 1.807) is 0 Å². The number of aromatic amines is 1. The standard InChI is InChI=1S/C16H21N3O/c1-11(2)7-8-18-9-10-19-15-13(12(18)3)5-4-6-14(15)17-16(19)20/h4-7,12H,8-10H2,1-3H3,(H,17,20). The van der Waals surface area contributed by atoms with Crippen LogP contribution in [-0.2, 0) is 6.54 Å². The Hall–Kier alpha value is -1.81. The lowest BCUT2D eigenvalue weighted by molar-refractivity contribution is 0.232. The molecule has 1 aromatic carbocycles. The van der Waals surface area contributed by atoms with Crippen molar-refractivity contribution in [2.75, 3.05) is 13.1 Å². The summed E-state index contributed by atoms with van der Waals surface area (Å²) in [5.41, 5.74) is 4.59. The number of aromatic nitrogens is 2. The smallest absolute Gasteiger partial charge is 0.306 e. The SMILES string of the molecule is CC(C)=CCN1CCn2c(=O)[nH]c3cccc(c32)C1C. The van der Waals surface area contributed by atoms with Gasteiger partial charge in [-0.15, -0.1) is 0 Å². The molecule has 1 aliphatic rings. The molecule has 0 amide bonds. The summed E-state index contributed by atoms with van der Waals surface area (Å²) in [5.74, 6) is 0. The van der Waals surface area contributed by atoms with Crippen LogP contribution in [0.3, 0.4) is 0 Å². The monoisotopic (exact) mass is 271 g/mol. The zero-order valence-electron chi connectivity index (χ0n) is 12.3. The van der Waals surface area contributed by atoms with Gasteiger partial charge in [0, 0.05) is 25.7 Å². The number of imidazole rings is 1. The van der Waals surface area contributed by atoms with E-state index < -0.39 is 0 Å². The molecule has 0 bridgehead atoms. The van der Waals surface area contributed by atoms with Crippen LogP contribution in [0.15, 0.2) is 34.6 Å². The lowest BCUT2D eigenvalue weighted by Crippen LogP contribution is -2.30. The van der Waals surface area contributed by atoms with Crippen LogP contribution in [0.4, 0.5) is 0 Å². The van der Waals surface area contributed by atoms with Gasteiger partial charge in [0.15, 0.2) is 0 Å². The van der Waals surface area contributed by atoms with E-state index in [4.69, 9.17) is 0 Å². The molecule has 1 atom stereocenters. The highest BCUT2D eigenvalue weighted by atomic mass is 16.1. The van der Waals surface area contributed by atoms with Crippen molar-refractivity contribution in [1.82, 2.24) is 14.5 Å². The fourth-order valence-electron chi connectivity index (χ4n) is 2.97. The third-order valence-corrected chi connectivity index (χ3v) is 4.17. The number of hydrogen-bond donors (Lipinski definition) is 1. The van der Waals surface area contributed by atoms with Gasteiger partial charge in [0.1, 0.15) is 0 Å². The highest BCUT2D eigenvalue weighted by Crippen LogP contribution is 2.29. The van der Waals surface area contributed by atoms with Crippen LogP contribution in [0, 0.1) is 0 Å². The van der Waals surface area contributed by atoms with Gasteiger partial charge >= 0.3 is 5.69 Å². The van der Waals surface area contributed by atoms with E-state index in [0.29, 0.717) is 6.04 Å². The van der Waals surface area contributed by atoms with Crippen LogP contribution in [0.1, 0.15) is 32.4 Å². The summed E-state index contributed by atoms with van der Waals surface area (Å²) >= 11 is 0. The maximum atomic E-state index is 12.1. The zero-order chi connectivity index (χ0) is 14.3. The third kappa shape index (κ3) is 2.10. The number of nitrogens with one attached hydrogen (secondary N) is 1. The zero-order valence-corrected chi connectivity index (χ0v) is 12.3. The second kappa shape index (κ2) is 4.94. The van der Waals surface area contributed by atoms with Crippen LogP contribution in [0.5, 0.6) is 0 Å². The molecule has 0 spiro atoms. The number of nitrogens with zero attached hydrogens (tertiary/aromatic N) is 2. The van der Waals surface area contributed by atoms with Crippen molar-refractivity contribution in [1.29, 1.82) is 0 Å². The summed E-state index contributed by atoms with van der Waals surface area (Å²) < 4.78 is 1.88. The molecule has 1 aromatic heterocycles. The second-order valence-electron chi connectivity index (χ2n) is 5.78. The summed E-state index contributed by atoms with van der Waals surface area (Å²) in [6, 6.07) is 6.46. The third-order valence-electron chi connectivity index (χ3n) is 4.17. The minimum absolute atomic E-state index is 0.00344. The van der Waals surface area contributed by atoms with Gasteiger partial charge in [-0.1, -0.05) is 23.8 Å². The number of H-pyrrole nitrogens is 1. The number of para-hydroxylation sites is 1. The molecule has 1 aliphatic heterocycles. The Morgan fingerprint density at radius 3 is 2.95 bits per heavy atom. The van der Waals surface area contributed by atoms with E-state index in [9.17, 15) is 4.79 Å². The Labute approximate surface area is 118 Å². The van der Waals surface area contributed by atoms with Crippen molar-refractivity contribution in [3.05, 3.63) is 45.9 Å². The van der Waals surface area contributed by atoms with Crippen molar-refractivity contribution in [3.8, 4) is 0 Å². The molecule has 0 radical (unpaired) electrons. The minimum Gasteiger partial charge on any atom is -0.306 e. The minimum atomic E-state index is 0.00344. The van der Waals surface area contributed by atoms with E-state index >= 15 is 0 Å². The lowest BCUT2D eigenvalue weighted by atomic mass is 10.1. The molecular formula is C16H21N3O. The quantitative estimate of drug-likeness (QED) is 0.853. The fourth-order valence-corrected chi connectivity index (χ4v) is 2.97. The Bertz CT molecular complexity index is 719. The van der Waals surface area contributed by atoms with Crippen molar-refractivity contribution >= 4 is 11.0 Å². The Kier molecular flexibility index (Phi) is 3.26. The summed E-state index contributed by atoms with van der Waals surface area (Å²) in [6.45, 7) is 9.04. The van der Waals surface area contributed by atoms with Crippen LogP contribution in [0.2, 0.25) is 0 Å². The first-order chi connectivity index (χ1) is 9.58. The molecule has 0 saturated heterocycles. The molecule has 0 aliphatic carbocycles. The molecule has 1 unspecified atom stereocenters. The van der Waals surface area contributed by atoms with Gasteiger partial charge in [0.25, 0.3) is 0 Å². The highest BCUT2D eigenvalue weighted by Gasteiger charge is 2.23. The molecule has 2 heterocycles. The van der Waals surface area contributed by atoms with Gasteiger partial charge in [-0.05, 0) is 32.4 Å².